The minimum atomic E-state index is 0.154. The van der Waals surface area contributed by atoms with Crippen LogP contribution >= 0.6 is 0 Å². The minimum absolute atomic E-state index is 0.154. The van der Waals surface area contributed by atoms with Crippen molar-refractivity contribution in [3.8, 4) is 0 Å². The van der Waals surface area contributed by atoms with E-state index in [2.05, 4.69) is 68.7 Å². The summed E-state index contributed by atoms with van der Waals surface area (Å²) in [6.45, 7) is 6.45. The Kier molecular flexibility index (Phi) is 4.94. The highest BCUT2D eigenvalue weighted by Crippen LogP contribution is 2.21. The lowest BCUT2D eigenvalue weighted by Crippen LogP contribution is -2.29. The highest BCUT2D eigenvalue weighted by molar-refractivity contribution is 5.33. The number of rotatable bonds is 5. The maximum atomic E-state index is 5.76. The van der Waals surface area contributed by atoms with Gasteiger partial charge in [0.2, 0.25) is 0 Å². The molecule has 0 saturated heterocycles. The van der Waals surface area contributed by atoms with E-state index < -0.39 is 0 Å². The van der Waals surface area contributed by atoms with Gasteiger partial charge in [-0.3, -0.25) is 11.3 Å². The average molecular weight is 268 g/mol. The summed E-state index contributed by atoms with van der Waals surface area (Å²) in [6.07, 6.45) is 1.98. The fourth-order valence-electron chi connectivity index (χ4n) is 2.50. The van der Waals surface area contributed by atoms with Gasteiger partial charge in [0.15, 0.2) is 0 Å². The van der Waals surface area contributed by atoms with Crippen molar-refractivity contribution >= 4 is 0 Å². The molecule has 0 aliphatic heterocycles. The van der Waals surface area contributed by atoms with Gasteiger partial charge in [-0.1, -0.05) is 55.0 Å². The summed E-state index contributed by atoms with van der Waals surface area (Å²) in [7, 11) is 0. The lowest BCUT2D eigenvalue weighted by atomic mass is 9.94. The molecule has 0 amide bonds. The Morgan fingerprint density at radius 3 is 2.35 bits per heavy atom. The van der Waals surface area contributed by atoms with Crippen LogP contribution in [0.25, 0.3) is 0 Å². The molecule has 2 rings (SSSR count). The van der Waals surface area contributed by atoms with Crippen LogP contribution in [-0.4, -0.2) is 0 Å². The van der Waals surface area contributed by atoms with Gasteiger partial charge < -0.3 is 0 Å². The number of hydrogen-bond acceptors (Lipinski definition) is 2. The molecule has 2 heteroatoms. The molecule has 0 saturated carbocycles. The molecule has 0 aliphatic rings. The monoisotopic (exact) mass is 268 g/mol. The van der Waals surface area contributed by atoms with E-state index in [1.165, 1.54) is 27.8 Å². The lowest BCUT2D eigenvalue weighted by molar-refractivity contribution is 0.550. The van der Waals surface area contributed by atoms with Gasteiger partial charge in [-0.05, 0) is 48.9 Å². The molecule has 0 heterocycles. The van der Waals surface area contributed by atoms with E-state index in [1.54, 1.807) is 0 Å². The summed E-state index contributed by atoms with van der Waals surface area (Å²) in [4.78, 5) is 0. The zero-order valence-electron chi connectivity index (χ0n) is 12.6. The molecule has 0 bridgehead atoms. The molecule has 2 nitrogen and oxygen atoms in total. The van der Waals surface area contributed by atoms with Crippen LogP contribution in [-0.2, 0) is 12.8 Å². The second kappa shape index (κ2) is 6.69. The molecule has 0 aliphatic carbocycles. The molecule has 0 radical (unpaired) electrons. The third-order valence-electron chi connectivity index (χ3n) is 3.92. The number of aryl methyl sites for hydroxylation is 3. The van der Waals surface area contributed by atoms with E-state index in [1.807, 2.05) is 0 Å². The van der Waals surface area contributed by atoms with Gasteiger partial charge in [0.1, 0.15) is 0 Å². The summed E-state index contributed by atoms with van der Waals surface area (Å²) < 4.78 is 0. The van der Waals surface area contributed by atoms with Crippen LogP contribution in [0.4, 0.5) is 0 Å². The van der Waals surface area contributed by atoms with Crippen molar-refractivity contribution < 1.29 is 0 Å². The van der Waals surface area contributed by atoms with Crippen molar-refractivity contribution in [2.45, 2.75) is 39.7 Å². The van der Waals surface area contributed by atoms with E-state index >= 15 is 0 Å². The molecule has 1 atom stereocenters. The third-order valence-corrected chi connectivity index (χ3v) is 3.92. The molecule has 0 spiro atoms. The first-order valence-corrected chi connectivity index (χ1v) is 7.25. The van der Waals surface area contributed by atoms with E-state index in [-0.39, 0.29) is 6.04 Å². The van der Waals surface area contributed by atoms with E-state index in [4.69, 9.17) is 5.84 Å². The third kappa shape index (κ3) is 3.47. The number of nitrogens with two attached hydrogens (primary N) is 1. The summed E-state index contributed by atoms with van der Waals surface area (Å²) >= 11 is 0. The zero-order chi connectivity index (χ0) is 14.5. The van der Waals surface area contributed by atoms with Crippen LogP contribution in [0.1, 0.15) is 40.8 Å². The predicted molar refractivity (Wildman–Crippen MR) is 85.5 cm³/mol. The molecule has 2 aromatic rings. The highest BCUT2D eigenvalue weighted by Gasteiger charge is 2.12. The van der Waals surface area contributed by atoms with Gasteiger partial charge in [0.25, 0.3) is 0 Å². The number of hydrogen-bond donors (Lipinski definition) is 2. The Morgan fingerprint density at radius 2 is 1.75 bits per heavy atom. The summed E-state index contributed by atoms with van der Waals surface area (Å²) in [6, 6.07) is 15.5. The first-order chi connectivity index (χ1) is 9.63. The molecule has 1 unspecified atom stereocenters. The van der Waals surface area contributed by atoms with Crippen LogP contribution in [0.3, 0.4) is 0 Å². The maximum Gasteiger partial charge on any atom is 0.0500 e. The fourth-order valence-corrected chi connectivity index (χ4v) is 2.50. The van der Waals surface area contributed by atoms with Gasteiger partial charge in [-0.2, -0.15) is 0 Å². The van der Waals surface area contributed by atoms with Crippen LogP contribution in [0.5, 0.6) is 0 Å². The Hall–Kier alpha value is -1.64. The molecule has 0 aromatic heterocycles. The largest absolute Gasteiger partial charge is 0.271 e. The van der Waals surface area contributed by atoms with Crippen molar-refractivity contribution in [2.24, 2.45) is 5.84 Å². The Bertz CT molecular complexity index is 558. The minimum Gasteiger partial charge on any atom is -0.271 e. The maximum absolute atomic E-state index is 5.76. The van der Waals surface area contributed by atoms with Gasteiger partial charge in [0, 0.05) is 6.04 Å². The number of nitrogens with one attached hydrogen (secondary N) is 1. The van der Waals surface area contributed by atoms with Gasteiger partial charge in [0.05, 0.1) is 0 Å². The van der Waals surface area contributed by atoms with Crippen LogP contribution in [0, 0.1) is 13.8 Å². The van der Waals surface area contributed by atoms with Crippen molar-refractivity contribution in [1.82, 2.24) is 5.43 Å². The summed E-state index contributed by atoms with van der Waals surface area (Å²) in [5, 5.41) is 0. The van der Waals surface area contributed by atoms with E-state index in [9.17, 15) is 0 Å². The van der Waals surface area contributed by atoms with Crippen molar-refractivity contribution in [3.63, 3.8) is 0 Å². The molecule has 20 heavy (non-hydrogen) atoms. The van der Waals surface area contributed by atoms with E-state index in [0.717, 1.165) is 12.8 Å². The van der Waals surface area contributed by atoms with Crippen LogP contribution in [0.15, 0.2) is 42.5 Å². The van der Waals surface area contributed by atoms with Gasteiger partial charge in [-0.15, -0.1) is 0 Å². The smallest absolute Gasteiger partial charge is 0.0500 e. The molecular weight excluding hydrogens is 244 g/mol. The normalized spacial score (nSPS) is 12.4. The Balaban J connectivity index is 2.21. The van der Waals surface area contributed by atoms with Crippen molar-refractivity contribution in [2.75, 3.05) is 0 Å². The van der Waals surface area contributed by atoms with Gasteiger partial charge in [-0.25, -0.2) is 0 Å². The molecule has 2 aromatic carbocycles. The molecule has 3 N–H and O–H groups in total. The zero-order valence-corrected chi connectivity index (χ0v) is 12.6. The first kappa shape index (κ1) is 14.8. The first-order valence-electron chi connectivity index (χ1n) is 7.25. The summed E-state index contributed by atoms with van der Waals surface area (Å²) in [5.41, 5.74) is 9.52. The van der Waals surface area contributed by atoms with Crippen molar-refractivity contribution in [3.05, 3.63) is 70.3 Å². The summed E-state index contributed by atoms with van der Waals surface area (Å²) in [5.74, 6) is 5.76. The molecule has 106 valence electrons. The second-order valence-electron chi connectivity index (χ2n) is 5.45. The SMILES string of the molecule is CCc1ccc(C(Cc2cc(C)ccc2C)NN)cc1. The van der Waals surface area contributed by atoms with Crippen LogP contribution in [0.2, 0.25) is 0 Å². The second-order valence-corrected chi connectivity index (χ2v) is 5.45. The molecular formula is C18H24N2. The highest BCUT2D eigenvalue weighted by atomic mass is 15.2. The lowest BCUT2D eigenvalue weighted by Gasteiger charge is -2.18. The molecule has 0 fully saturated rings. The fraction of sp³-hybridized carbons (Fsp3) is 0.333. The topological polar surface area (TPSA) is 38.0 Å². The average Bonchev–Trinajstić information content (AvgIpc) is 2.48. The Morgan fingerprint density at radius 1 is 1.05 bits per heavy atom. The van der Waals surface area contributed by atoms with E-state index in [0.29, 0.717) is 0 Å². The number of benzene rings is 2. The predicted octanol–water partition coefficient (Wildman–Crippen LogP) is 3.61. The number of hydrazine groups is 1. The Labute approximate surface area is 122 Å². The van der Waals surface area contributed by atoms with Crippen LogP contribution < -0.4 is 11.3 Å². The quantitative estimate of drug-likeness (QED) is 0.642. The van der Waals surface area contributed by atoms with Gasteiger partial charge >= 0.3 is 0 Å². The standard InChI is InChI=1S/C18H24N2/c1-4-15-7-9-16(10-8-15)18(20-19)12-17-11-13(2)5-6-14(17)3/h5-11,18,20H,4,12,19H2,1-3H3. The van der Waals surface area contributed by atoms with Crippen molar-refractivity contribution in [1.29, 1.82) is 0 Å².